The van der Waals surface area contributed by atoms with Crippen LogP contribution in [0.3, 0.4) is 0 Å². The Labute approximate surface area is 105 Å². The minimum Gasteiger partial charge on any atom is -0.379 e. The van der Waals surface area contributed by atoms with Crippen LogP contribution in [0.5, 0.6) is 0 Å². The van der Waals surface area contributed by atoms with Crippen molar-refractivity contribution in [2.45, 2.75) is 6.54 Å². The van der Waals surface area contributed by atoms with Gasteiger partial charge in [0.05, 0.1) is 12.2 Å². The Morgan fingerprint density at radius 3 is 2.61 bits per heavy atom. The highest BCUT2D eigenvalue weighted by molar-refractivity contribution is 5.62. The average molecular weight is 238 g/mol. The molecule has 2 aromatic heterocycles. The second-order valence-electron chi connectivity index (χ2n) is 4.10. The standard InChI is InChI=1S/C14H14N4/c1-2-13(15-8-1)10-16-12-5-3-11(4-6-12)14-7-9-17-18-14/h1-9,15-16H,10H2,(H,17,18). The Bertz CT molecular complexity index is 579. The molecule has 18 heavy (non-hydrogen) atoms. The van der Waals surface area contributed by atoms with Crippen LogP contribution in [0.1, 0.15) is 5.69 Å². The van der Waals surface area contributed by atoms with E-state index in [1.807, 2.05) is 18.3 Å². The number of aromatic amines is 2. The Hall–Kier alpha value is -2.49. The summed E-state index contributed by atoms with van der Waals surface area (Å²) in [6.45, 7) is 0.802. The zero-order valence-corrected chi connectivity index (χ0v) is 9.85. The molecule has 0 amide bonds. The van der Waals surface area contributed by atoms with Crippen LogP contribution < -0.4 is 5.32 Å². The van der Waals surface area contributed by atoms with E-state index in [1.54, 1.807) is 6.20 Å². The second-order valence-corrected chi connectivity index (χ2v) is 4.10. The van der Waals surface area contributed by atoms with E-state index in [4.69, 9.17) is 0 Å². The molecule has 2 heterocycles. The first-order valence-electron chi connectivity index (χ1n) is 5.88. The van der Waals surface area contributed by atoms with E-state index < -0.39 is 0 Å². The summed E-state index contributed by atoms with van der Waals surface area (Å²) >= 11 is 0. The number of nitrogens with zero attached hydrogens (tertiary/aromatic N) is 1. The zero-order valence-electron chi connectivity index (χ0n) is 9.85. The van der Waals surface area contributed by atoms with Crippen molar-refractivity contribution in [1.29, 1.82) is 0 Å². The van der Waals surface area contributed by atoms with Crippen LogP contribution in [0.25, 0.3) is 11.3 Å². The predicted octanol–water partition coefficient (Wildman–Crippen LogP) is 3.02. The number of rotatable bonds is 4. The van der Waals surface area contributed by atoms with Gasteiger partial charge in [-0.2, -0.15) is 5.10 Å². The number of H-pyrrole nitrogens is 2. The maximum absolute atomic E-state index is 3.95. The van der Waals surface area contributed by atoms with E-state index in [0.717, 1.165) is 23.5 Å². The summed E-state index contributed by atoms with van der Waals surface area (Å²) in [7, 11) is 0. The number of hydrogen-bond donors (Lipinski definition) is 3. The molecule has 0 aliphatic rings. The van der Waals surface area contributed by atoms with Crippen LogP contribution >= 0.6 is 0 Å². The van der Waals surface area contributed by atoms with Gasteiger partial charge in [-0.05, 0) is 35.9 Å². The third kappa shape index (κ3) is 2.27. The van der Waals surface area contributed by atoms with Gasteiger partial charge in [0.2, 0.25) is 0 Å². The van der Waals surface area contributed by atoms with Crippen molar-refractivity contribution in [2.75, 3.05) is 5.32 Å². The number of hydrogen-bond acceptors (Lipinski definition) is 2. The largest absolute Gasteiger partial charge is 0.379 e. The molecule has 0 saturated heterocycles. The monoisotopic (exact) mass is 238 g/mol. The first-order chi connectivity index (χ1) is 8.92. The van der Waals surface area contributed by atoms with E-state index >= 15 is 0 Å². The van der Waals surface area contributed by atoms with Gasteiger partial charge in [-0.1, -0.05) is 12.1 Å². The molecule has 90 valence electrons. The first-order valence-corrected chi connectivity index (χ1v) is 5.88. The maximum atomic E-state index is 3.95. The molecule has 0 spiro atoms. The van der Waals surface area contributed by atoms with Gasteiger partial charge in [0.25, 0.3) is 0 Å². The van der Waals surface area contributed by atoms with Gasteiger partial charge < -0.3 is 10.3 Å². The molecule has 0 bridgehead atoms. The van der Waals surface area contributed by atoms with Crippen LogP contribution in [0.4, 0.5) is 5.69 Å². The highest BCUT2D eigenvalue weighted by Crippen LogP contribution is 2.19. The topological polar surface area (TPSA) is 56.5 Å². The summed E-state index contributed by atoms with van der Waals surface area (Å²) in [5.74, 6) is 0. The zero-order chi connectivity index (χ0) is 12.2. The van der Waals surface area contributed by atoms with Crippen LogP contribution in [0.2, 0.25) is 0 Å². The quantitative estimate of drug-likeness (QED) is 0.654. The van der Waals surface area contributed by atoms with E-state index in [2.05, 4.69) is 50.8 Å². The lowest BCUT2D eigenvalue weighted by Gasteiger charge is -2.05. The van der Waals surface area contributed by atoms with Gasteiger partial charge >= 0.3 is 0 Å². The second kappa shape index (κ2) is 4.79. The molecule has 4 heteroatoms. The highest BCUT2D eigenvalue weighted by atomic mass is 15.1. The molecular weight excluding hydrogens is 224 g/mol. The summed E-state index contributed by atoms with van der Waals surface area (Å²) in [6, 6.07) is 14.3. The Morgan fingerprint density at radius 2 is 1.94 bits per heavy atom. The Morgan fingerprint density at radius 1 is 1.06 bits per heavy atom. The molecule has 0 aliphatic heterocycles. The molecule has 0 fully saturated rings. The van der Waals surface area contributed by atoms with E-state index in [1.165, 1.54) is 5.69 Å². The SMILES string of the molecule is c1c[nH]c(CNc2ccc(-c3ccn[nH]3)cc2)c1. The molecule has 0 unspecified atom stereocenters. The molecule has 0 aliphatic carbocycles. The van der Waals surface area contributed by atoms with Gasteiger partial charge in [-0.25, -0.2) is 0 Å². The Kier molecular flexibility index (Phi) is 2.84. The lowest BCUT2D eigenvalue weighted by Crippen LogP contribution is -1.99. The third-order valence-corrected chi connectivity index (χ3v) is 2.84. The van der Waals surface area contributed by atoms with Crippen LogP contribution in [-0.4, -0.2) is 15.2 Å². The molecule has 0 atom stereocenters. The summed E-state index contributed by atoms with van der Waals surface area (Å²) in [5.41, 5.74) is 4.45. The van der Waals surface area contributed by atoms with Crippen molar-refractivity contribution in [2.24, 2.45) is 0 Å². The summed E-state index contributed by atoms with van der Waals surface area (Å²) in [6.07, 6.45) is 3.69. The molecule has 3 rings (SSSR count). The van der Waals surface area contributed by atoms with Crippen molar-refractivity contribution in [1.82, 2.24) is 15.2 Å². The predicted molar refractivity (Wildman–Crippen MR) is 72.1 cm³/mol. The van der Waals surface area contributed by atoms with Crippen molar-refractivity contribution in [3.8, 4) is 11.3 Å². The summed E-state index contributed by atoms with van der Waals surface area (Å²) < 4.78 is 0. The molecule has 3 N–H and O–H groups in total. The van der Waals surface area contributed by atoms with Crippen molar-refractivity contribution in [3.63, 3.8) is 0 Å². The molecular formula is C14H14N4. The maximum Gasteiger partial charge on any atom is 0.0650 e. The van der Waals surface area contributed by atoms with Crippen molar-refractivity contribution < 1.29 is 0 Å². The van der Waals surface area contributed by atoms with Crippen molar-refractivity contribution >= 4 is 5.69 Å². The molecule has 3 aromatic rings. The van der Waals surface area contributed by atoms with Gasteiger partial charge in [0.15, 0.2) is 0 Å². The fourth-order valence-corrected chi connectivity index (χ4v) is 1.86. The lowest BCUT2D eigenvalue weighted by atomic mass is 10.1. The van der Waals surface area contributed by atoms with Crippen LogP contribution in [0.15, 0.2) is 54.9 Å². The van der Waals surface area contributed by atoms with E-state index in [9.17, 15) is 0 Å². The molecule has 0 radical (unpaired) electrons. The lowest BCUT2D eigenvalue weighted by molar-refractivity contribution is 1.07. The molecule has 0 saturated carbocycles. The minimum absolute atomic E-state index is 0.802. The smallest absolute Gasteiger partial charge is 0.0650 e. The van der Waals surface area contributed by atoms with Gasteiger partial charge in [-0.3, -0.25) is 5.10 Å². The van der Waals surface area contributed by atoms with Gasteiger partial charge in [0.1, 0.15) is 0 Å². The van der Waals surface area contributed by atoms with Gasteiger partial charge in [0, 0.05) is 23.8 Å². The normalized spacial score (nSPS) is 10.4. The fraction of sp³-hybridized carbons (Fsp3) is 0.0714. The Balaban J connectivity index is 1.68. The molecule has 4 nitrogen and oxygen atoms in total. The van der Waals surface area contributed by atoms with E-state index in [0.29, 0.717) is 0 Å². The van der Waals surface area contributed by atoms with Gasteiger partial charge in [-0.15, -0.1) is 0 Å². The number of nitrogens with one attached hydrogen (secondary N) is 3. The van der Waals surface area contributed by atoms with Crippen molar-refractivity contribution in [3.05, 3.63) is 60.6 Å². The van der Waals surface area contributed by atoms with E-state index in [-0.39, 0.29) is 0 Å². The first kappa shape index (κ1) is 10.7. The van der Waals surface area contributed by atoms with Crippen LogP contribution in [-0.2, 0) is 6.54 Å². The summed E-state index contributed by atoms with van der Waals surface area (Å²) in [4.78, 5) is 3.17. The third-order valence-electron chi connectivity index (χ3n) is 2.84. The minimum atomic E-state index is 0.802. The summed E-state index contributed by atoms with van der Waals surface area (Å²) in [5, 5.41) is 10.3. The highest BCUT2D eigenvalue weighted by Gasteiger charge is 1.99. The molecule has 1 aromatic carbocycles. The average Bonchev–Trinajstić information content (AvgIpc) is 3.10. The van der Waals surface area contributed by atoms with Crippen LogP contribution in [0, 0.1) is 0 Å². The fourth-order valence-electron chi connectivity index (χ4n) is 1.86. The number of anilines is 1. The number of aromatic nitrogens is 3. The number of benzene rings is 1.